The van der Waals surface area contributed by atoms with Crippen LogP contribution < -0.4 is 21.7 Å². The van der Waals surface area contributed by atoms with E-state index in [4.69, 9.17) is 10.2 Å². The summed E-state index contributed by atoms with van der Waals surface area (Å²) in [4.78, 5) is 27.4. The highest BCUT2D eigenvalue weighted by Crippen LogP contribution is 2.29. The minimum Gasteiger partial charge on any atom is -0.408 e. The van der Waals surface area contributed by atoms with Crippen molar-refractivity contribution >= 4 is 28.4 Å². The summed E-state index contributed by atoms with van der Waals surface area (Å²) in [5.41, 5.74) is 8.19. The number of fused-ring (bicyclic) bond motifs is 1. The molecule has 1 unspecified atom stereocenters. The molecule has 2 heterocycles. The number of aromatic nitrogens is 1. The van der Waals surface area contributed by atoms with Gasteiger partial charge in [0, 0.05) is 19.2 Å². The van der Waals surface area contributed by atoms with E-state index in [1.54, 1.807) is 12.1 Å². The van der Waals surface area contributed by atoms with Crippen molar-refractivity contribution in [2.45, 2.75) is 13.0 Å². The second kappa shape index (κ2) is 4.04. The van der Waals surface area contributed by atoms with Gasteiger partial charge in [0.1, 0.15) is 6.04 Å². The van der Waals surface area contributed by atoms with E-state index in [2.05, 4.69) is 10.3 Å². The number of nitrogens with one attached hydrogen (secondary N) is 2. The van der Waals surface area contributed by atoms with Crippen LogP contribution >= 0.6 is 0 Å². The third-order valence-electron chi connectivity index (χ3n) is 3.38. The van der Waals surface area contributed by atoms with Crippen LogP contribution in [0.15, 0.2) is 21.3 Å². The number of nitrogens with two attached hydrogens (primary N) is 1. The standard InChI is InChI=1S/C12H14N4O3/c1-6-11(17)14-2-3-16(6)9-5-8-10(4-7(9)13)19-12(18)15-8/h4-6H,2-3,13H2,1H3,(H,14,17)(H,15,18). The van der Waals surface area contributed by atoms with Gasteiger partial charge in [0.15, 0.2) is 5.58 Å². The molecule has 3 rings (SSSR count). The van der Waals surface area contributed by atoms with Crippen molar-refractivity contribution in [3.8, 4) is 0 Å². The Hall–Kier alpha value is -2.44. The molecule has 7 heteroatoms. The number of anilines is 2. The molecule has 0 bridgehead atoms. The van der Waals surface area contributed by atoms with E-state index >= 15 is 0 Å². The van der Waals surface area contributed by atoms with Gasteiger partial charge in [-0.3, -0.25) is 9.78 Å². The summed E-state index contributed by atoms with van der Waals surface area (Å²) in [5.74, 6) is -0.553. The van der Waals surface area contributed by atoms with E-state index in [1.807, 2.05) is 11.8 Å². The summed E-state index contributed by atoms with van der Waals surface area (Å²) < 4.78 is 4.95. The van der Waals surface area contributed by atoms with Gasteiger partial charge in [-0.1, -0.05) is 0 Å². The third kappa shape index (κ3) is 1.83. The van der Waals surface area contributed by atoms with E-state index in [0.29, 0.717) is 29.9 Å². The topological polar surface area (TPSA) is 104 Å². The van der Waals surface area contributed by atoms with E-state index < -0.39 is 5.76 Å². The van der Waals surface area contributed by atoms with Crippen LogP contribution in [0.3, 0.4) is 0 Å². The Kier molecular flexibility index (Phi) is 2.48. The quantitative estimate of drug-likeness (QED) is 0.629. The number of nitrogen functional groups attached to an aromatic ring is 1. The first kappa shape index (κ1) is 11.6. The molecule has 0 spiro atoms. The number of amides is 1. The second-order valence-electron chi connectivity index (χ2n) is 4.58. The third-order valence-corrected chi connectivity index (χ3v) is 3.38. The lowest BCUT2D eigenvalue weighted by Gasteiger charge is -2.35. The fraction of sp³-hybridized carbons (Fsp3) is 0.333. The molecule has 4 N–H and O–H groups in total. The first-order valence-electron chi connectivity index (χ1n) is 6.03. The van der Waals surface area contributed by atoms with Gasteiger partial charge in [-0.25, -0.2) is 4.79 Å². The number of H-pyrrole nitrogens is 1. The lowest BCUT2D eigenvalue weighted by Crippen LogP contribution is -2.54. The number of aromatic amines is 1. The predicted octanol–water partition coefficient (Wildman–Crippen LogP) is 0.0280. The molecule has 1 aromatic heterocycles. The van der Waals surface area contributed by atoms with Crippen LogP contribution in [0.25, 0.3) is 11.1 Å². The zero-order valence-electron chi connectivity index (χ0n) is 10.4. The van der Waals surface area contributed by atoms with Crippen LogP contribution in [0.2, 0.25) is 0 Å². The number of hydrogen-bond donors (Lipinski definition) is 3. The van der Waals surface area contributed by atoms with Crippen molar-refractivity contribution < 1.29 is 9.21 Å². The van der Waals surface area contributed by atoms with Crippen LogP contribution in [0, 0.1) is 0 Å². The number of carbonyl (C=O) groups is 1. The first-order valence-corrected chi connectivity index (χ1v) is 6.03. The van der Waals surface area contributed by atoms with Crippen LogP contribution in [0.4, 0.5) is 11.4 Å². The fourth-order valence-electron chi connectivity index (χ4n) is 2.36. The zero-order valence-corrected chi connectivity index (χ0v) is 10.4. The average molecular weight is 262 g/mol. The predicted molar refractivity (Wildman–Crippen MR) is 71.1 cm³/mol. The van der Waals surface area contributed by atoms with Gasteiger partial charge in [0.25, 0.3) is 0 Å². The Bertz CT molecular complexity index is 703. The van der Waals surface area contributed by atoms with Gasteiger partial charge in [-0.2, -0.15) is 0 Å². The molecule has 2 aromatic rings. The van der Waals surface area contributed by atoms with Crippen LogP contribution in [0.5, 0.6) is 0 Å². The molecule has 1 atom stereocenters. The van der Waals surface area contributed by atoms with Crippen molar-refractivity contribution in [3.63, 3.8) is 0 Å². The number of carbonyl (C=O) groups excluding carboxylic acids is 1. The van der Waals surface area contributed by atoms with Crippen molar-refractivity contribution in [3.05, 3.63) is 22.7 Å². The van der Waals surface area contributed by atoms with Crippen LogP contribution in [-0.2, 0) is 4.79 Å². The summed E-state index contributed by atoms with van der Waals surface area (Å²) in [6, 6.07) is 3.04. The molecule has 19 heavy (non-hydrogen) atoms. The molecule has 1 aliphatic heterocycles. The van der Waals surface area contributed by atoms with Crippen molar-refractivity contribution in [2.24, 2.45) is 0 Å². The highest BCUT2D eigenvalue weighted by atomic mass is 16.4. The summed E-state index contributed by atoms with van der Waals surface area (Å²) in [7, 11) is 0. The Labute approximate surface area is 108 Å². The minimum atomic E-state index is -0.518. The van der Waals surface area contributed by atoms with Crippen molar-refractivity contribution in [1.29, 1.82) is 0 Å². The molecule has 7 nitrogen and oxygen atoms in total. The number of piperazine rings is 1. The van der Waals surface area contributed by atoms with E-state index in [9.17, 15) is 9.59 Å². The Morgan fingerprint density at radius 2 is 2.21 bits per heavy atom. The number of oxazole rings is 1. The molecule has 1 saturated heterocycles. The van der Waals surface area contributed by atoms with Crippen molar-refractivity contribution in [2.75, 3.05) is 23.7 Å². The number of benzene rings is 1. The number of hydrogen-bond acceptors (Lipinski definition) is 5. The highest BCUT2D eigenvalue weighted by molar-refractivity contribution is 5.91. The minimum absolute atomic E-state index is 0.0357. The summed E-state index contributed by atoms with van der Waals surface area (Å²) >= 11 is 0. The van der Waals surface area contributed by atoms with Crippen LogP contribution in [-0.4, -0.2) is 30.0 Å². The lowest BCUT2D eigenvalue weighted by molar-refractivity contribution is -0.122. The largest absolute Gasteiger partial charge is 0.417 e. The maximum absolute atomic E-state index is 11.7. The SMILES string of the molecule is CC1C(=O)NCCN1c1cc2[nH]c(=O)oc2cc1N. The molecule has 0 radical (unpaired) electrons. The van der Waals surface area contributed by atoms with Crippen LogP contribution in [0.1, 0.15) is 6.92 Å². The average Bonchev–Trinajstić information content (AvgIpc) is 2.71. The van der Waals surface area contributed by atoms with E-state index in [-0.39, 0.29) is 11.9 Å². The molecule has 1 aliphatic rings. The monoisotopic (exact) mass is 262 g/mol. The zero-order chi connectivity index (χ0) is 13.6. The van der Waals surface area contributed by atoms with E-state index in [1.165, 1.54) is 0 Å². The van der Waals surface area contributed by atoms with Gasteiger partial charge >= 0.3 is 5.76 Å². The van der Waals surface area contributed by atoms with Gasteiger partial charge in [-0.15, -0.1) is 0 Å². The fourth-order valence-corrected chi connectivity index (χ4v) is 2.36. The lowest BCUT2D eigenvalue weighted by atomic mass is 10.1. The summed E-state index contributed by atoms with van der Waals surface area (Å²) in [6.45, 7) is 3.06. The van der Waals surface area contributed by atoms with Crippen molar-refractivity contribution in [1.82, 2.24) is 10.3 Å². The Morgan fingerprint density at radius 1 is 1.42 bits per heavy atom. The summed E-state index contributed by atoms with van der Waals surface area (Å²) in [6.07, 6.45) is 0. The number of nitrogens with zero attached hydrogens (tertiary/aromatic N) is 1. The Morgan fingerprint density at radius 3 is 3.00 bits per heavy atom. The second-order valence-corrected chi connectivity index (χ2v) is 4.58. The normalized spacial score (nSPS) is 19.7. The van der Waals surface area contributed by atoms with E-state index in [0.717, 1.165) is 5.69 Å². The first-order chi connectivity index (χ1) is 9.06. The molecule has 0 saturated carbocycles. The van der Waals surface area contributed by atoms with Gasteiger partial charge in [-0.05, 0) is 13.0 Å². The van der Waals surface area contributed by atoms with Gasteiger partial charge in [0.05, 0.1) is 16.9 Å². The highest BCUT2D eigenvalue weighted by Gasteiger charge is 2.27. The van der Waals surface area contributed by atoms with Gasteiger partial charge < -0.3 is 20.4 Å². The molecule has 100 valence electrons. The molecule has 1 fully saturated rings. The molecular formula is C12H14N4O3. The van der Waals surface area contributed by atoms with Gasteiger partial charge in [0.2, 0.25) is 5.91 Å². The summed E-state index contributed by atoms with van der Waals surface area (Å²) in [5, 5.41) is 2.79. The Balaban J connectivity index is 2.10. The molecule has 1 amide bonds. The molecule has 0 aliphatic carbocycles. The number of rotatable bonds is 1. The molecular weight excluding hydrogens is 248 g/mol. The smallest absolute Gasteiger partial charge is 0.408 e. The molecule has 1 aromatic carbocycles. The maximum atomic E-state index is 11.7. The maximum Gasteiger partial charge on any atom is 0.417 e.